The maximum atomic E-state index is 12.3. The minimum absolute atomic E-state index is 0.0673. The Morgan fingerprint density at radius 3 is 1.83 bits per heavy atom. The summed E-state index contributed by atoms with van der Waals surface area (Å²) in [5.74, 6) is 0.681. The van der Waals surface area contributed by atoms with Crippen LogP contribution >= 0.6 is 0 Å². The number of carbonyl (C=O) groups excluding carboxylic acids is 1. The predicted octanol–water partition coefficient (Wildman–Crippen LogP) is 2.76. The summed E-state index contributed by atoms with van der Waals surface area (Å²) in [6.45, 7) is 2.06. The number of esters is 1. The molecule has 0 saturated heterocycles. The molecule has 2 aromatic carbocycles. The van der Waals surface area contributed by atoms with Crippen molar-refractivity contribution in [3.63, 3.8) is 0 Å². The van der Waals surface area contributed by atoms with Gasteiger partial charge in [-0.2, -0.15) is 0 Å². The van der Waals surface area contributed by atoms with Gasteiger partial charge in [-0.3, -0.25) is 9.98 Å². The lowest BCUT2D eigenvalue weighted by molar-refractivity contribution is -0.141. The lowest BCUT2D eigenvalue weighted by Gasteiger charge is -2.11. The smallest absolute Gasteiger partial charge is 0.332 e. The second-order valence-electron chi connectivity index (χ2n) is 7.21. The molecule has 2 aromatic rings. The first-order valence-electron chi connectivity index (χ1n) is 11.4. The number of aliphatic imine (C=N–C) groups is 2. The third kappa shape index (κ3) is 11.0. The molecule has 10 nitrogen and oxygen atoms in total. The van der Waals surface area contributed by atoms with Crippen LogP contribution in [0.3, 0.4) is 0 Å². The van der Waals surface area contributed by atoms with Crippen molar-refractivity contribution in [2.45, 2.75) is 6.04 Å². The van der Waals surface area contributed by atoms with Crippen LogP contribution in [-0.2, 0) is 28.5 Å². The molecule has 1 atom stereocenters. The van der Waals surface area contributed by atoms with Gasteiger partial charge in [-0.25, -0.2) is 4.79 Å². The normalized spacial score (nSPS) is 12.2. The Labute approximate surface area is 211 Å². The van der Waals surface area contributed by atoms with Gasteiger partial charge >= 0.3 is 5.97 Å². The van der Waals surface area contributed by atoms with Crippen molar-refractivity contribution in [2.24, 2.45) is 9.98 Å². The van der Waals surface area contributed by atoms with Gasteiger partial charge in [-0.15, -0.1) is 0 Å². The first-order chi connectivity index (χ1) is 17.7. The molecule has 0 heterocycles. The summed E-state index contributed by atoms with van der Waals surface area (Å²) in [6.07, 6.45) is 3.19. The quantitative estimate of drug-likeness (QED) is 0.133. The molecule has 36 heavy (non-hydrogen) atoms. The summed E-state index contributed by atoms with van der Waals surface area (Å²) in [4.78, 5) is 21.1. The van der Waals surface area contributed by atoms with Crippen molar-refractivity contribution >= 4 is 18.4 Å². The number of methoxy groups -OCH3 is 3. The van der Waals surface area contributed by atoms with Crippen LogP contribution in [0, 0.1) is 0 Å². The van der Waals surface area contributed by atoms with E-state index in [4.69, 9.17) is 33.2 Å². The Bertz CT molecular complexity index is 951. The highest BCUT2D eigenvalue weighted by atomic mass is 16.7. The fourth-order valence-electron chi connectivity index (χ4n) is 2.79. The van der Waals surface area contributed by atoms with Crippen LogP contribution in [0.1, 0.15) is 11.1 Å². The Morgan fingerprint density at radius 1 is 0.778 bits per heavy atom. The minimum atomic E-state index is -0.831. The van der Waals surface area contributed by atoms with Crippen LogP contribution in [-0.4, -0.2) is 92.3 Å². The molecule has 0 bridgehead atoms. The highest BCUT2D eigenvalue weighted by Crippen LogP contribution is 2.17. The van der Waals surface area contributed by atoms with Crippen molar-refractivity contribution in [3.8, 4) is 11.5 Å². The van der Waals surface area contributed by atoms with E-state index in [1.165, 1.54) is 7.11 Å². The van der Waals surface area contributed by atoms with Gasteiger partial charge in [0.25, 0.3) is 0 Å². The first-order valence-corrected chi connectivity index (χ1v) is 11.4. The summed E-state index contributed by atoms with van der Waals surface area (Å²) in [5.41, 5.74) is 1.44. The molecular formula is C26H34N2O8. The zero-order valence-electron chi connectivity index (χ0n) is 21.0. The van der Waals surface area contributed by atoms with Crippen LogP contribution in [0.25, 0.3) is 0 Å². The Morgan fingerprint density at radius 2 is 1.31 bits per heavy atom. The highest BCUT2D eigenvalue weighted by Gasteiger charge is 2.17. The molecule has 0 aromatic heterocycles. The molecule has 0 radical (unpaired) electrons. The average molecular weight is 503 g/mol. The average Bonchev–Trinajstić information content (AvgIpc) is 2.91. The maximum Gasteiger partial charge on any atom is 0.332 e. The Hall–Kier alpha value is -3.31. The number of nitrogens with zero attached hydrogens (tertiary/aromatic N) is 2. The van der Waals surface area contributed by atoms with Crippen LogP contribution < -0.4 is 9.47 Å². The van der Waals surface area contributed by atoms with Crippen molar-refractivity contribution < 1.29 is 38.0 Å². The molecule has 0 amide bonds. The third-order valence-corrected chi connectivity index (χ3v) is 4.67. The molecule has 2 rings (SSSR count). The van der Waals surface area contributed by atoms with Gasteiger partial charge in [0.1, 0.15) is 11.5 Å². The molecule has 0 aliphatic carbocycles. The number of benzene rings is 2. The van der Waals surface area contributed by atoms with Crippen LogP contribution in [0.15, 0.2) is 58.5 Å². The second-order valence-corrected chi connectivity index (χ2v) is 7.21. The lowest BCUT2D eigenvalue weighted by atomic mass is 10.2. The Kier molecular flexibility index (Phi) is 14.5. The van der Waals surface area contributed by atoms with Crippen LogP contribution in [0.4, 0.5) is 0 Å². The van der Waals surface area contributed by atoms with Gasteiger partial charge in [-0.05, 0) is 24.3 Å². The number of carbonyl (C=O) groups is 1. The number of rotatable bonds is 18. The van der Waals surface area contributed by atoms with Crippen molar-refractivity contribution in [3.05, 3.63) is 59.7 Å². The minimum Gasteiger partial charge on any atom is -0.467 e. The topological polar surface area (TPSA) is 106 Å². The van der Waals surface area contributed by atoms with Gasteiger partial charge in [0, 0.05) is 37.8 Å². The molecule has 0 aliphatic heterocycles. The summed E-state index contributed by atoms with van der Waals surface area (Å²) in [6, 6.07) is 13.9. The van der Waals surface area contributed by atoms with Gasteiger partial charge in [0.2, 0.25) is 0 Å². The maximum absolute atomic E-state index is 12.3. The molecule has 10 heteroatoms. The predicted molar refractivity (Wildman–Crippen MR) is 135 cm³/mol. The largest absolute Gasteiger partial charge is 0.467 e. The number of hydrogen-bond donors (Lipinski definition) is 0. The number of hydrogen-bond acceptors (Lipinski definition) is 10. The molecule has 0 saturated carbocycles. The number of para-hydroxylation sites is 2. The van der Waals surface area contributed by atoms with E-state index in [2.05, 4.69) is 9.98 Å². The summed E-state index contributed by atoms with van der Waals surface area (Å²) < 4.78 is 36.8. The van der Waals surface area contributed by atoms with Gasteiger partial charge in [-0.1, -0.05) is 24.3 Å². The molecular weight excluding hydrogens is 468 g/mol. The summed E-state index contributed by atoms with van der Waals surface area (Å²) in [7, 11) is 4.52. The van der Waals surface area contributed by atoms with Crippen molar-refractivity contribution in [2.75, 3.05) is 67.9 Å². The van der Waals surface area contributed by atoms with E-state index in [-0.39, 0.29) is 20.1 Å². The zero-order valence-corrected chi connectivity index (χ0v) is 21.0. The van der Waals surface area contributed by atoms with Crippen molar-refractivity contribution in [1.82, 2.24) is 0 Å². The van der Waals surface area contributed by atoms with E-state index < -0.39 is 12.0 Å². The zero-order chi connectivity index (χ0) is 25.8. The van der Waals surface area contributed by atoms with Gasteiger partial charge in [0.05, 0.1) is 40.1 Å². The lowest BCUT2D eigenvalue weighted by Crippen LogP contribution is -2.23. The molecule has 0 aliphatic rings. The van der Waals surface area contributed by atoms with E-state index in [0.29, 0.717) is 43.5 Å². The first kappa shape index (κ1) is 28.9. The highest BCUT2D eigenvalue weighted by molar-refractivity contribution is 5.87. The number of ether oxygens (including phenoxy) is 7. The molecule has 1 unspecified atom stereocenters. The van der Waals surface area contributed by atoms with Crippen LogP contribution in [0.2, 0.25) is 0 Å². The summed E-state index contributed by atoms with van der Waals surface area (Å²) >= 11 is 0. The van der Waals surface area contributed by atoms with E-state index in [9.17, 15) is 4.79 Å². The second kappa shape index (κ2) is 18.0. The SMILES string of the molecule is COCCOCOc1ccccc1C=NCC(N=Cc1ccccc1OCOCCOC)C(=O)OC. The summed E-state index contributed by atoms with van der Waals surface area (Å²) in [5, 5.41) is 0. The fourth-order valence-corrected chi connectivity index (χ4v) is 2.79. The van der Waals surface area contributed by atoms with E-state index in [1.807, 2.05) is 42.5 Å². The molecule has 0 N–H and O–H groups in total. The monoisotopic (exact) mass is 502 g/mol. The molecule has 0 fully saturated rings. The third-order valence-electron chi connectivity index (χ3n) is 4.67. The van der Waals surface area contributed by atoms with Crippen LogP contribution in [0.5, 0.6) is 11.5 Å². The molecule has 0 spiro atoms. The fraction of sp³-hybridized carbons (Fsp3) is 0.423. The van der Waals surface area contributed by atoms with Crippen molar-refractivity contribution in [1.29, 1.82) is 0 Å². The standard InChI is InChI=1S/C26H34N2O8/c1-30-12-14-33-19-35-24-10-6-4-8-21(24)16-27-18-23(26(29)32-3)28-17-22-9-5-7-11-25(22)36-20-34-15-13-31-2/h4-11,16-17,23H,12-15,18-20H2,1-3H3. The van der Waals surface area contributed by atoms with E-state index in [0.717, 1.165) is 5.56 Å². The van der Waals surface area contributed by atoms with E-state index >= 15 is 0 Å². The van der Waals surface area contributed by atoms with E-state index in [1.54, 1.807) is 32.7 Å². The Balaban J connectivity index is 2.01. The van der Waals surface area contributed by atoms with Gasteiger partial charge in [0.15, 0.2) is 19.6 Å². The van der Waals surface area contributed by atoms with Gasteiger partial charge < -0.3 is 33.2 Å². The molecule has 196 valence electrons.